The Bertz CT molecular complexity index is 1390. The number of nitrogens with one attached hydrogen (secondary N) is 1. The largest absolute Gasteiger partial charge is 0.319 e. The van der Waals surface area contributed by atoms with E-state index in [4.69, 9.17) is 23.2 Å². The van der Waals surface area contributed by atoms with E-state index in [1.54, 1.807) is 60.7 Å². The summed E-state index contributed by atoms with van der Waals surface area (Å²) in [5.74, 6) is -0.535. The number of anilines is 2. The van der Waals surface area contributed by atoms with Crippen LogP contribution < -0.4 is 9.62 Å². The highest BCUT2D eigenvalue weighted by Crippen LogP contribution is 2.33. The fourth-order valence-electron chi connectivity index (χ4n) is 3.45. The van der Waals surface area contributed by atoms with Crippen LogP contribution in [0.2, 0.25) is 10.0 Å². The van der Waals surface area contributed by atoms with Crippen LogP contribution in [0.5, 0.6) is 0 Å². The number of carbonyl (C=O) groups is 1. The number of rotatable bonds is 7. The Labute approximate surface area is 208 Å². The summed E-state index contributed by atoms with van der Waals surface area (Å²) in [4.78, 5) is 13.4. The van der Waals surface area contributed by atoms with Crippen molar-refractivity contribution in [1.82, 2.24) is 0 Å². The minimum atomic E-state index is -4.00. The van der Waals surface area contributed by atoms with E-state index in [9.17, 15) is 13.2 Å². The molecule has 5 nitrogen and oxygen atoms in total. The Balaban J connectivity index is 1.81. The number of nitrogens with zero attached hydrogens (tertiary/aromatic N) is 1. The second kappa shape index (κ2) is 10.3. The molecule has 0 bridgehead atoms. The van der Waals surface area contributed by atoms with Crippen molar-refractivity contribution in [1.29, 1.82) is 0 Å². The van der Waals surface area contributed by atoms with Crippen LogP contribution in [0.3, 0.4) is 0 Å². The third-order valence-electron chi connectivity index (χ3n) is 5.12. The molecule has 4 rings (SSSR count). The highest BCUT2D eigenvalue weighted by Gasteiger charge is 2.28. The topological polar surface area (TPSA) is 66.5 Å². The molecular weight excluding hydrogens is 491 g/mol. The molecule has 0 heterocycles. The quantitative estimate of drug-likeness (QED) is 0.303. The molecule has 0 atom stereocenters. The fourth-order valence-corrected chi connectivity index (χ4v) is 5.43. The van der Waals surface area contributed by atoms with Crippen LogP contribution in [0.1, 0.15) is 15.9 Å². The summed E-state index contributed by atoms with van der Waals surface area (Å²) < 4.78 is 28.7. The smallest absolute Gasteiger partial charge is 0.264 e. The van der Waals surface area contributed by atoms with Gasteiger partial charge in [0.2, 0.25) is 0 Å². The molecule has 0 spiro atoms. The third kappa shape index (κ3) is 5.09. The Kier molecular flexibility index (Phi) is 7.22. The van der Waals surface area contributed by atoms with Crippen LogP contribution in [0, 0.1) is 0 Å². The van der Waals surface area contributed by atoms with Gasteiger partial charge in [0.1, 0.15) is 0 Å². The second-order valence-corrected chi connectivity index (χ2v) is 10.1. The van der Waals surface area contributed by atoms with Crippen molar-refractivity contribution in [3.8, 4) is 0 Å². The van der Waals surface area contributed by atoms with Crippen molar-refractivity contribution in [2.45, 2.75) is 11.4 Å². The summed E-state index contributed by atoms with van der Waals surface area (Å²) in [6.45, 7) is 0.0369. The highest BCUT2D eigenvalue weighted by atomic mass is 35.5. The summed E-state index contributed by atoms with van der Waals surface area (Å²) in [6.07, 6.45) is 0. The van der Waals surface area contributed by atoms with E-state index in [1.165, 1.54) is 16.4 Å². The molecule has 172 valence electrons. The normalized spacial score (nSPS) is 11.1. The molecule has 0 fully saturated rings. The summed E-state index contributed by atoms with van der Waals surface area (Å²) in [5, 5.41) is 3.27. The van der Waals surface area contributed by atoms with Gasteiger partial charge in [-0.2, -0.15) is 0 Å². The van der Waals surface area contributed by atoms with Gasteiger partial charge in [0.25, 0.3) is 15.9 Å². The number of carbonyl (C=O) groups excluding carboxylic acids is 1. The lowest BCUT2D eigenvalue weighted by Crippen LogP contribution is -2.32. The van der Waals surface area contributed by atoms with Crippen LogP contribution in [-0.4, -0.2) is 14.3 Å². The van der Waals surface area contributed by atoms with E-state index < -0.39 is 15.9 Å². The molecule has 1 N–H and O–H groups in total. The van der Waals surface area contributed by atoms with Crippen LogP contribution >= 0.6 is 23.2 Å². The number of sulfonamides is 1. The van der Waals surface area contributed by atoms with Gasteiger partial charge in [-0.05, 0) is 42.0 Å². The van der Waals surface area contributed by atoms with E-state index >= 15 is 0 Å². The number of para-hydroxylation sites is 2. The molecule has 0 aromatic heterocycles. The number of hydrogen-bond donors (Lipinski definition) is 1. The first kappa shape index (κ1) is 23.8. The van der Waals surface area contributed by atoms with Gasteiger partial charge in [-0.25, -0.2) is 8.42 Å². The predicted octanol–water partition coefficient (Wildman–Crippen LogP) is 6.64. The van der Waals surface area contributed by atoms with Crippen molar-refractivity contribution in [2.24, 2.45) is 0 Å². The minimum Gasteiger partial charge on any atom is -0.319 e. The van der Waals surface area contributed by atoms with Crippen LogP contribution in [-0.2, 0) is 16.6 Å². The SMILES string of the molecule is O=C(Nc1c(Cl)cccc1Cl)c1ccccc1N(Cc1ccccc1)S(=O)(=O)c1ccccc1. The molecule has 1 amide bonds. The monoisotopic (exact) mass is 510 g/mol. The average molecular weight is 511 g/mol. The molecule has 34 heavy (non-hydrogen) atoms. The lowest BCUT2D eigenvalue weighted by Gasteiger charge is -2.26. The lowest BCUT2D eigenvalue weighted by molar-refractivity contribution is 0.102. The Morgan fingerprint density at radius 2 is 1.29 bits per heavy atom. The standard InChI is InChI=1S/C26H20Cl2N2O3S/c27-22-15-9-16-23(28)25(22)29-26(31)21-14-7-8-17-24(21)30(18-19-10-3-1-4-11-19)34(32,33)20-12-5-2-6-13-20/h1-17H,18H2,(H,29,31). The summed E-state index contributed by atoms with van der Waals surface area (Å²) in [7, 11) is -4.00. The zero-order valence-electron chi connectivity index (χ0n) is 17.9. The maximum Gasteiger partial charge on any atom is 0.264 e. The molecule has 8 heteroatoms. The molecule has 4 aromatic carbocycles. The molecule has 0 aliphatic heterocycles. The maximum atomic E-state index is 13.7. The highest BCUT2D eigenvalue weighted by molar-refractivity contribution is 7.92. The van der Waals surface area contributed by atoms with Gasteiger partial charge >= 0.3 is 0 Å². The van der Waals surface area contributed by atoms with E-state index in [-0.39, 0.29) is 38.4 Å². The van der Waals surface area contributed by atoms with Gasteiger partial charge < -0.3 is 5.32 Å². The first-order valence-corrected chi connectivity index (χ1v) is 12.5. The molecule has 0 aliphatic carbocycles. The number of hydrogen-bond acceptors (Lipinski definition) is 3. The second-order valence-electron chi connectivity index (χ2n) is 7.38. The van der Waals surface area contributed by atoms with Crippen molar-refractivity contribution in [2.75, 3.05) is 9.62 Å². The molecule has 4 aromatic rings. The fraction of sp³-hybridized carbons (Fsp3) is 0.0385. The van der Waals surface area contributed by atoms with E-state index in [2.05, 4.69) is 5.32 Å². The van der Waals surface area contributed by atoms with Gasteiger partial charge in [0.05, 0.1) is 38.4 Å². The molecule has 0 aliphatic rings. The van der Waals surface area contributed by atoms with Crippen molar-refractivity contribution in [3.63, 3.8) is 0 Å². The number of benzene rings is 4. The van der Waals surface area contributed by atoms with Gasteiger partial charge in [-0.1, -0.05) is 89.9 Å². The van der Waals surface area contributed by atoms with Gasteiger partial charge in [0.15, 0.2) is 0 Å². The minimum absolute atomic E-state index is 0.0369. The van der Waals surface area contributed by atoms with Gasteiger partial charge in [-0.3, -0.25) is 9.10 Å². The van der Waals surface area contributed by atoms with Crippen LogP contribution in [0.25, 0.3) is 0 Å². The van der Waals surface area contributed by atoms with Crippen molar-refractivity contribution < 1.29 is 13.2 Å². The Hall–Kier alpha value is -3.32. The zero-order chi connectivity index (χ0) is 24.1. The first-order valence-electron chi connectivity index (χ1n) is 10.3. The molecular formula is C26H20Cl2N2O3S. The number of halogens is 2. The van der Waals surface area contributed by atoms with Gasteiger partial charge in [0, 0.05) is 0 Å². The van der Waals surface area contributed by atoms with Crippen LogP contribution in [0.4, 0.5) is 11.4 Å². The lowest BCUT2D eigenvalue weighted by atomic mass is 10.1. The molecule has 0 saturated heterocycles. The number of amides is 1. The first-order chi connectivity index (χ1) is 16.4. The zero-order valence-corrected chi connectivity index (χ0v) is 20.2. The predicted molar refractivity (Wildman–Crippen MR) is 137 cm³/mol. The maximum absolute atomic E-state index is 13.7. The average Bonchev–Trinajstić information content (AvgIpc) is 2.86. The summed E-state index contributed by atoms with van der Waals surface area (Å²) in [5.41, 5.74) is 1.42. The van der Waals surface area contributed by atoms with Crippen molar-refractivity contribution in [3.05, 3.63) is 124 Å². The third-order valence-corrected chi connectivity index (χ3v) is 7.52. The molecule has 0 unspecified atom stereocenters. The van der Waals surface area contributed by atoms with E-state index in [0.717, 1.165) is 5.56 Å². The van der Waals surface area contributed by atoms with Crippen molar-refractivity contribution >= 4 is 50.5 Å². The van der Waals surface area contributed by atoms with E-state index in [0.29, 0.717) is 0 Å². The van der Waals surface area contributed by atoms with Crippen LogP contribution in [0.15, 0.2) is 108 Å². The summed E-state index contributed by atoms with van der Waals surface area (Å²) >= 11 is 12.4. The Morgan fingerprint density at radius 3 is 1.94 bits per heavy atom. The van der Waals surface area contributed by atoms with E-state index in [1.807, 2.05) is 30.3 Å². The molecule has 0 radical (unpaired) electrons. The summed E-state index contributed by atoms with van der Waals surface area (Å²) in [6, 6.07) is 28.7. The van der Waals surface area contributed by atoms with Gasteiger partial charge in [-0.15, -0.1) is 0 Å². The molecule has 0 saturated carbocycles. The Morgan fingerprint density at radius 1 is 0.735 bits per heavy atom.